The molecule has 0 atom stereocenters. The summed E-state index contributed by atoms with van der Waals surface area (Å²) >= 11 is 0. The van der Waals surface area contributed by atoms with E-state index in [1.807, 2.05) is 7.05 Å². The van der Waals surface area contributed by atoms with Gasteiger partial charge in [-0.15, -0.1) is 0 Å². The topological polar surface area (TPSA) is 12.4 Å². The van der Waals surface area contributed by atoms with Crippen LogP contribution in [0.4, 0.5) is 0 Å². The van der Waals surface area contributed by atoms with Crippen molar-refractivity contribution in [3.8, 4) is 0 Å². The van der Waals surface area contributed by atoms with Gasteiger partial charge >= 0.3 is 0 Å². The first-order valence-corrected chi connectivity index (χ1v) is 3.99. The molecule has 0 N–H and O–H groups in total. The summed E-state index contributed by atoms with van der Waals surface area (Å²) in [6, 6.07) is 0. The SMILES string of the molecule is C/C=C1/CCCCC1=NC. The fourth-order valence-electron chi connectivity index (χ4n) is 1.48. The molecule has 1 fully saturated rings. The van der Waals surface area contributed by atoms with Crippen LogP contribution in [0.3, 0.4) is 0 Å². The van der Waals surface area contributed by atoms with Crippen molar-refractivity contribution in [3.05, 3.63) is 11.6 Å². The van der Waals surface area contributed by atoms with Crippen LogP contribution in [0.25, 0.3) is 0 Å². The molecule has 1 rings (SSSR count). The number of allylic oxidation sites excluding steroid dienone is 2. The van der Waals surface area contributed by atoms with Crippen LogP contribution >= 0.6 is 0 Å². The summed E-state index contributed by atoms with van der Waals surface area (Å²) in [4.78, 5) is 4.25. The average Bonchev–Trinajstić information content (AvgIpc) is 2.04. The first-order chi connectivity index (χ1) is 4.88. The molecule has 0 aliphatic heterocycles. The van der Waals surface area contributed by atoms with Crippen LogP contribution in [0.2, 0.25) is 0 Å². The maximum absolute atomic E-state index is 4.25. The van der Waals surface area contributed by atoms with Crippen molar-refractivity contribution < 1.29 is 0 Å². The lowest BCUT2D eigenvalue weighted by Gasteiger charge is -2.15. The zero-order valence-electron chi connectivity index (χ0n) is 6.85. The second-order valence-corrected chi connectivity index (χ2v) is 2.69. The highest BCUT2D eigenvalue weighted by Gasteiger charge is 2.10. The predicted molar refractivity (Wildman–Crippen MR) is 45.6 cm³/mol. The van der Waals surface area contributed by atoms with Gasteiger partial charge in [-0.2, -0.15) is 0 Å². The lowest BCUT2D eigenvalue weighted by atomic mass is 9.93. The minimum absolute atomic E-state index is 1.19. The van der Waals surface area contributed by atoms with Crippen LogP contribution in [0, 0.1) is 0 Å². The van der Waals surface area contributed by atoms with Crippen LogP contribution in [-0.4, -0.2) is 12.8 Å². The Morgan fingerprint density at radius 2 is 2.00 bits per heavy atom. The van der Waals surface area contributed by atoms with E-state index in [9.17, 15) is 0 Å². The second kappa shape index (κ2) is 3.55. The van der Waals surface area contributed by atoms with Crippen LogP contribution in [0.1, 0.15) is 32.6 Å². The maximum atomic E-state index is 4.25. The van der Waals surface area contributed by atoms with Gasteiger partial charge in [0.25, 0.3) is 0 Å². The highest BCUT2D eigenvalue weighted by Crippen LogP contribution is 2.20. The Balaban J connectivity index is 2.69. The van der Waals surface area contributed by atoms with Gasteiger partial charge in [0, 0.05) is 12.8 Å². The number of rotatable bonds is 0. The first kappa shape index (κ1) is 7.52. The van der Waals surface area contributed by atoms with E-state index < -0.39 is 0 Å². The third kappa shape index (κ3) is 1.47. The van der Waals surface area contributed by atoms with Gasteiger partial charge in [-0.25, -0.2) is 0 Å². The molecule has 1 nitrogen and oxygen atoms in total. The van der Waals surface area contributed by atoms with Crippen LogP contribution in [0.5, 0.6) is 0 Å². The first-order valence-electron chi connectivity index (χ1n) is 3.99. The maximum Gasteiger partial charge on any atom is 0.0373 e. The Bertz CT molecular complexity index is 146. The molecule has 0 amide bonds. The molecule has 1 aliphatic carbocycles. The fraction of sp³-hybridized carbons (Fsp3) is 0.667. The Morgan fingerprint density at radius 3 is 2.50 bits per heavy atom. The second-order valence-electron chi connectivity index (χ2n) is 2.69. The van der Waals surface area contributed by atoms with Crippen LogP contribution < -0.4 is 0 Å². The van der Waals surface area contributed by atoms with E-state index in [0.29, 0.717) is 0 Å². The highest BCUT2D eigenvalue weighted by molar-refractivity contribution is 6.00. The summed E-state index contributed by atoms with van der Waals surface area (Å²) < 4.78 is 0. The molecular weight excluding hydrogens is 122 g/mol. The number of hydrogen-bond acceptors (Lipinski definition) is 1. The smallest absolute Gasteiger partial charge is 0.0373 e. The van der Waals surface area contributed by atoms with Gasteiger partial charge in [0.05, 0.1) is 0 Å². The van der Waals surface area contributed by atoms with Crippen LogP contribution in [0.15, 0.2) is 16.6 Å². The van der Waals surface area contributed by atoms with E-state index in [0.717, 1.165) is 0 Å². The number of hydrogen-bond donors (Lipinski definition) is 0. The van der Waals surface area contributed by atoms with Crippen molar-refractivity contribution in [2.45, 2.75) is 32.6 Å². The Hall–Kier alpha value is -0.590. The minimum atomic E-state index is 1.19. The predicted octanol–water partition coefficient (Wildman–Crippen LogP) is 2.58. The Kier molecular flexibility index (Phi) is 2.67. The summed E-state index contributed by atoms with van der Waals surface area (Å²) in [5.74, 6) is 0. The molecule has 0 heterocycles. The third-order valence-electron chi connectivity index (χ3n) is 2.10. The van der Waals surface area contributed by atoms with E-state index in [1.54, 1.807) is 0 Å². The average molecular weight is 137 g/mol. The summed E-state index contributed by atoms with van der Waals surface area (Å²) in [6.07, 6.45) is 7.30. The van der Waals surface area contributed by atoms with Crippen molar-refractivity contribution in [2.75, 3.05) is 7.05 Å². The van der Waals surface area contributed by atoms with Gasteiger partial charge in [-0.1, -0.05) is 6.08 Å². The van der Waals surface area contributed by atoms with Gasteiger partial charge in [0.15, 0.2) is 0 Å². The standard InChI is InChI=1S/C9H15N/c1-3-8-6-4-5-7-9(8)10-2/h3H,4-7H2,1-2H3/b8-3-,10-9?. The summed E-state index contributed by atoms with van der Waals surface area (Å²) in [5, 5.41) is 0. The molecule has 0 aromatic carbocycles. The van der Waals surface area contributed by atoms with Gasteiger partial charge in [-0.05, 0) is 38.2 Å². The lowest BCUT2D eigenvalue weighted by Crippen LogP contribution is -2.08. The lowest BCUT2D eigenvalue weighted by molar-refractivity contribution is 0.731. The zero-order valence-corrected chi connectivity index (χ0v) is 6.85. The molecule has 0 radical (unpaired) electrons. The quantitative estimate of drug-likeness (QED) is 0.486. The molecule has 56 valence electrons. The van der Waals surface area contributed by atoms with E-state index in [2.05, 4.69) is 18.0 Å². The monoisotopic (exact) mass is 137 g/mol. The van der Waals surface area contributed by atoms with E-state index in [1.165, 1.54) is 37.0 Å². The van der Waals surface area contributed by atoms with Crippen molar-refractivity contribution in [2.24, 2.45) is 4.99 Å². The van der Waals surface area contributed by atoms with Gasteiger partial charge in [-0.3, -0.25) is 4.99 Å². The third-order valence-corrected chi connectivity index (χ3v) is 2.10. The molecule has 1 heteroatoms. The van der Waals surface area contributed by atoms with Gasteiger partial charge < -0.3 is 0 Å². The Morgan fingerprint density at radius 1 is 1.30 bits per heavy atom. The van der Waals surface area contributed by atoms with Gasteiger partial charge in [0.1, 0.15) is 0 Å². The molecule has 0 aromatic rings. The molecule has 1 saturated carbocycles. The zero-order chi connectivity index (χ0) is 7.40. The van der Waals surface area contributed by atoms with Crippen LogP contribution in [-0.2, 0) is 0 Å². The molecule has 0 unspecified atom stereocenters. The molecule has 0 saturated heterocycles. The summed E-state index contributed by atoms with van der Waals surface area (Å²) in [6.45, 7) is 2.10. The van der Waals surface area contributed by atoms with E-state index >= 15 is 0 Å². The summed E-state index contributed by atoms with van der Waals surface area (Å²) in [5.41, 5.74) is 2.79. The number of aliphatic imine (C=N–C) groups is 1. The van der Waals surface area contributed by atoms with Crippen molar-refractivity contribution in [1.82, 2.24) is 0 Å². The van der Waals surface area contributed by atoms with Gasteiger partial charge in [0.2, 0.25) is 0 Å². The molecule has 0 bridgehead atoms. The Labute approximate surface area is 62.9 Å². The van der Waals surface area contributed by atoms with Crippen molar-refractivity contribution in [1.29, 1.82) is 0 Å². The normalized spacial score (nSPS) is 27.8. The molecule has 10 heavy (non-hydrogen) atoms. The molecule has 0 aromatic heterocycles. The molecular formula is C9H15N. The van der Waals surface area contributed by atoms with E-state index in [4.69, 9.17) is 0 Å². The fourth-order valence-corrected chi connectivity index (χ4v) is 1.48. The number of nitrogens with zero attached hydrogens (tertiary/aromatic N) is 1. The highest BCUT2D eigenvalue weighted by atomic mass is 14.7. The minimum Gasteiger partial charge on any atom is -0.293 e. The van der Waals surface area contributed by atoms with Crippen molar-refractivity contribution in [3.63, 3.8) is 0 Å². The summed E-state index contributed by atoms with van der Waals surface area (Å²) in [7, 11) is 1.89. The molecule has 1 aliphatic rings. The molecule has 0 spiro atoms. The van der Waals surface area contributed by atoms with E-state index in [-0.39, 0.29) is 0 Å². The largest absolute Gasteiger partial charge is 0.293 e. The van der Waals surface area contributed by atoms with Crippen molar-refractivity contribution >= 4 is 5.71 Å².